The third-order valence-electron chi connectivity index (χ3n) is 3.25. The lowest BCUT2D eigenvalue weighted by Crippen LogP contribution is -2.09. The fourth-order valence-corrected chi connectivity index (χ4v) is 2.21. The van der Waals surface area contributed by atoms with E-state index in [1.165, 1.54) is 30.5 Å². The van der Waals surface area contributed by atoms with Crippen LogP contribution in [0, 0.1) is 11.6 Å². The summed E-state index contributed by atoms with van der Waals surface area (Å²) < 4.78 is 27.7. The molecule has 1 aromatic heterocycles. The monoisotopic (exact) mass is 283 g/mol. The smallest absolute Gasteiger partial charge is 0.255 e. The first-order chi connectivity index (χ1) is 10.2. The molecule has 0 bridgehead atoms. The SMILES string of the molecule is O=c1[nH]cc(-c2ccccc2F)cc1-c1ccccc1F. The van der Waals surface area contributed by atoms with Crippen LogP contribution in [0.5, 0.6) is 0 Å². The second kappa shape index (κ2) is 5.32. The molecule has 21 heavy (non-hydrogen) atoms. The summed E-state index contributed by atoms with van der Waals surface area (Å²) in [4.78, 5) is 14.5. The second-order valence-corrected chi connectivity index (χ2v) is 4.59. The summed E-state index contributed by atoms with van der Waals surface area (Å²) in [5, 5.41) is 0. The van der Waals surface area contributed by atoms with E-state index in [-0.39, 0.29) is 11.1 Å². The molecule has 0 spiro atoms. The van der Waals surface area contributed by atoms with Gasteiger partial charge in [-0.15, -0.1) is 0 Å². The largest absolute Gasteiger partial charge is 0.328 e. The lowest BCUT2D eigenvalue weighted by Gasteiger charge is -2.07. The van der Waals surface area contributed by atoms with Gasteiger partial charge in [-0.1, -0.05) is 36.4 Å². The zero-order chi connectivity index (χ0) is 14.8. The van der Waals surface area contributed by atoms with Gasteiger partial charge in [0.05, 0.1) is 5.56 Å². The van der Waals surface area contributed by atoms with Crippen LogP contribution in [0.4, 0.5) is 8.78 Å². The number of rotatable bonds is 2. The Bertz CT molecular complexity index is 855. The Morgan fingerprint density at radius 3 is 1.95 bits per heavy atom. The number of aromatic nitrogens is 1. The van der Waals surface area contributed by atoms with Crippen molar-refractivity contribution < 1.29 is 8.78 Å². The molecule has 0 aliphatic heterocycles. The van der Waals surface area contributed by atoms with Crippen molar-refractivity contribution in [1.82, 2.24) is 4.98 Å². The zero-order valence-corrected chi connectivity index (χ0v) is 10.9. The van der Waals surface area contributed by atoms with Crippen LogP contribution in [0.25, 0.3) is 22.3 Å². The van der Waals surface area contributed by atoms with E-state index in [0.29, 0.717) is 11.1 Å². The maximum atomic E-state index is 13.8. The van der Waals surface area contributed by atoms with Gasteiger partial charge in [-0.3, -0.25) is 4.79 Å². The Morgan fingerprint density at radius 2 is 1.33 bits per heavy atom. The third kappa shape index (κ3) is 2.48. The number of aromatic amines is 1. The maximum Gasteiger partial charge on any atom is 0.255 e. The van der Waals surface area contributed by atoms with Crippen molar-refractivity contribution in [3.8, 4) is 22.3 Å². The highest BCUT2D eigenvalue weighted by molar-refractivity contribution is 5.72. The molecule has 0 amide bonds. The number of hydrogen-bond donors (Lipinski definition) is 1. The highest BCUT2D eigenvalue weighted by atomic mass is 19.1. The molecule has 0 radical (unpaired) electrons. The fraction of sp³-hybridized carbons (Fsp3) is 0. The molecule has 104 valence electrons. The first-order valence-electron chi connectivity index (χ1n) is 6.39. The number of nitrogens with one attached hydrogen (secondary N) is 1. The highest BCUT2D eigenvalue weighted by Crippen LogP contribution is 2.26. The number of pyridine rings is 1. The molecule has 0 aliphatic carbocycles. The lowest BCUT2D eigenvalue weighted by atomic mass is 10.0. The minimum absolute atomic E-state index is 0.175. The number of hydrogen-bond acceptors (Lipinski definition) is 1. The fourth-order valence-electron chi connectivity index (χ4n) is 2.21. The molecule has 1 heterocycles. The Hall–Kier alpha value is -2.75. The normalized spacial score (nSPS) is 10.6. The molecule has 0 unspecified atom stereocenters. The zero-order valence-electron chi connectivity index (χ0n) is 10.9. The molecule has 0 atom stereocenters. The molecule has 3 rings (SSSR count). The summed E-state index contributed by atoms with van der Waals surface area (Å²) in [6.07, 6.45) is 1.42. The number of halogens is 2. The van der Waals surface area contributed by atoms with Gasteiger partial charge in [-0.2, -0.15) is 0 Å². The van der Waals surface area contributed by atoms with Gasteiger partial charge in [-0.05, 0) is 18.2 Å². The van der Waals surface area contributed by atoms with Gasteiger partial charge >= 0.3 is 0 Å². The van der Waals surface area contributed by atoms with Gasteiger partial charge in [0.1, 0.15) is 11.6 Å². The van der Waals surface area contributed by atoms with E-state index < -0.39 is 17.2 Å². The maximum absolute atomic E-state index is 13.8. The van der Waals surface area contributed by atoms with E-state index in [4.69, 9.17) is 0 Å². The van der Waals surface area contributed by atoms with Crippen LogP contribution in [-0.4, -0.2) is 4.98 Å². The summed E-state index contributed by atoms with van der Waals surface area (Å²) in [6, 6.07) is 13.7. The molecule has 4 heteroatoms. The van der Waals surface area contributed by atoms with Crippen molar-refractivity contribution in [3.05, 3.63) is 82.8 Å². The van der Waals surface area contributed by atoms with Crippen molar-refractivity contribution in [1.29, 1.82) is 0 Å². The van der Waals surface area contributed by atoms with Crippen LogP contribution in [0.1, 0.15) is 0 Å². The highest BCUT2D eigenvalue weighted by Gasteiger charge is 2.11. The molecule has 0 aliphatic rings. The minimum Gasteiger partial charge on any atom is -0.328 e. The molecule has 2 aromatic carbocycles. The van der Waals surface area contributed by atoms with Gasteiger partial charge in [0.2, 0.25) is 0 Å². The van der Waals surface area contributed by atoms with Gasteiger partial charge < -0.3 is 4.98 Å². The van der Waals surface area contributed by atoms with E-state index >= 15 is 0 Å². The summed E-state index contributed by atoms with van der Waals surface area (Å²) >= 11 is 0. The van der Waals surface area contributed by atoms with E-state index in [9.17, 15) is 13.6 Å². The van der Waals surface area contributed by atoms with Gasteiger partial charge in [0.25, 0.3) is 5.56 Å². The summed E-state index contributed by atoms with van der Waals surface area (Å²) in [5.41, 5.74) is 0.795. The van der Waals surface area contributed by atoms with Crippen molar-refractivity contribution in [2.45, 2.75) is 0 Å². The number of H-pyrrole nitrogens is 1. The van der Waals surface area contributed by atoms with Gasteiger partial charge in [0.15, 0.2) is 0 Å². The minimum atomic E-state index is -0.492. The Kier molecular flexibility index (Phi) is 3.36. The summed E-state index contributed by atoms with van der Waals surface area (Å²) in [5.74, 6) is -0.891. The van der Waals surface area contributed by atoms with Crippen molar-refractivity contribution in [2.24, 2.45) is 0 Å². The first-order valence-corrected chi connectivity index (χ1v) is 6.39. The van der Waals surface area contributed by atoms with E-state index in [1.807, 2.05) is 0 Å². The molecular weight excluding hydrogens is 272 g/mol. The quantitative estimate of drug-likeness (QED) is 0.758. The number of benzene rings is 2. The Morgan fingerprint density at radius 1 is 0.762 bits per heavy atom. The van der Waals surface area contributed by atoms with Crippen LogP contribution < -0.4 is 5.56 Å². The van der Waals surface area contributed by atoms with Crippen molar-refractivity contribution >= 4 is 0 Å². The molecule has 3 aromatic rings. The Labute approximate surface area is 119 Å². The first kappa shape index (κ1) is 13.2. The van der Waals surface area contributed by atoms with Crippen LogP contribution >= 0.6 is 0 Å². The van der Waals surface area contributed by atoms with Crippen LogP contribution in [0.15, 0.2) is 65.6 Å². The molecule has 0 saturated heterocycles. The van der Waals surface area contributed by atoms with E-state index in [1.54, 1.807) is 30.3 Å². The third-order valence-corrected chi connectivity index (χ3v) is 3.25. The average molecular weight is 283 g/mol. The average Bonchev–Trinajstić information content (AvgIpc) is 2.49. The molecule has 0 fully saturated rings. The standard InChI is InChI=1S/C17H11F2NO/c18-15-7-3-1-5-12(15)11-9-14(17(21)20-10-11)13-6-2-4-8-16(13)19/h1-10H,(H,20,21). The second-order valence-electron chi connectivity index (χ2n) is 4.59. The lowest BCUT2D eigenvalue weighted by molar-refractivity contribution is 0.631. The predicted octanol–water partition coefficient (Wildman–Crippen LogP) is 3.99. The molecule has 2 nitrogen and oxygen atoms in total. The topological polar surface area (TPSA) is 32.9 Å². The van der Waals surface area contributed by atoms with Crippen LogP contribution in [0.3, 0.4) is 0 Å². The van der Waals surface area contributed by atoms with Crippen molar-refractivity contribution in [3.63, 3.8) is 0 Å². The molecule has 1 N–H and O–H groups in total. The van der Waals surface area contributed by atoms with Crippen LogP contribution in [-0.2, 0) is 0 Å². The Balaban J connectivity index is 2.21. The molecule has 0 saturated carbocycles. The van der Waals surface area contributed by atoms with Gasteiger partial charge in [-0.25, -0.2) is 8.78 Å². The van der Waals surface area contributed by atoms with Crippen molar-refractivity contribution in [2.75, 3.05) is 0 Å². The van der Waals surface area contributed by atoms with Gasteiger partial charge in [0, 0.05) is 22.9 Å². The predicted molar refractivity (Wildman–Crippen MR) is 77.9 cm³/mol. The molecular formula is C17H11F2NO. The summed E-state index contributed by atoms with van der Waals surface area (Å²) in [7, 11) is 0. The van der Waals surface area contributed by atoms with E-state index in [2.05, 4.69) is 4.98 Å². The summed E-state index contributed by atoms with van der Waals surface area (Å²) in [6.45, 7) is 0. The van der Waals surface area contributed by atoms with E-state index in [0.717, 1.165) is 0 Å². The van der Waals surface area contributed by atoms with Crippen LogP contribution in [0.2, 0.25) is 0 Å².